The number of aliphatic hydroxyl groups is 2. The normalized spacial score (nSPS) is 13.6. The fourth-order valence-electron chi connectivity index (χ4n) is 7.97. The van der Waals surface area contributed by atoms with Crippen LogP contribution in [0.3, 0.4) is 0 Å². The first-order valence-electron chi connectivity index (χ1n) is 27.4. The van der Waals surface area contributed by atoms with Crippen LogP contribution in [0, 0.1) is 0 Å². The van der Waals surface area contributed by atoms with Crippen LogP contribution in [-0.2, 0) is 4.79 Å². The van der Waals surface area contributed by atoms with E-state index in [1.807, 2.05) is 0 Å². The molecule has 4 heteroatoms. The van der Waals surface area contributed by atoms with Crippen LogP contribution >= 0.6 is 0 Å². The maximum Gasteiger partial charge on any atom is 0.220 e. The Morgan fingerprint density at radius 3 is 1.03 bits per heavy atom. The monoisotopic (exact) mass is 888 g/mol. The Kier molecular flexibility index (Phi) is 52.3. The molecule has 0 rings (SSSR count). The zero-order valence-electron chi connectivity index (χ0n) is 42.3. The van der Waals surface area contributed by atoms with Crippen molar-refractivity contribution < 1.29 is 15.0 Å². The summed E-state index contributed by atoms with van der Waals surface area (Å²) < 4.78 is 0. The lowest BCUT2D eigenvalue weighted by Gasteiger charge is -2.22. The van der Waals surface area contributed by atoms with E-state index in [0.717, 1.165) is 77.0 Å². The van der Waals surface area contributed by atoms with Crippen LogP contribution in [0.15, 0.2) is 97.2 Å². The van der Waals surface area contributed by atoms with Gasteiger partial charge >= 0.3 is 0 Å². The van der Waals surface area contributed by atoms with Gasteiger partial charge in [-0.15, -0.1) is 0 Å². The minimum absolute atomic E-state index is 0.0383. The smallest absolute Gasteiger partial charge is 0.220 e. The largest absolute Gasteiger partial charge is 0.394 e. The van der Waals surface area contributed by atoms with Crippen LogP contribution < -0.4 is 5.32 Å². The predicted molar refractivity (Wildman–Crippen MR) is 285 cm³/mol. The molecule has 1 amide bonds. The number of aliphatic hydroxyl groups excluding tert-OH is 2. The fourth-order valence-corrected chi connectivity index (χ4v) is 7.97. The highest BCUT2D eigenvalue weighted by Gasteiger charge is 2.20. The second kappa shape index (κ2) is 54.6. The van der Waals surface area contributed by atoms with Crippen LogP contribution in [-0.4, -0.2) is 34.9 Å². The first-order chi connectivity index (χ1) is 31.7. The zero-order chi connectivity index (χ0) is 46.3. The molecule has 0 heterocycles. The number of hydrogen-bond acceptors (Lipinski definition) is 3. The molecule has 0 bridgehead atoms. The first kappa shape index (κ1) is 61.3. The van der Waals surface area contributed by atoms with E-state index in [9.17, 15) is 15.0 Å². The first-order valence-corrected chi connectivity index (χ1v) is 27.4. The second-order valence-electron chi connectivity index (χ2n) is 18.3. The highest BCUT2D eigenvalue weighted by molar-refractivity contribution is 5.76. The average molecular weight is 889 g/mol. The van der Waals surface area contributed by atoms with Crippen LogP contribution in [0.5, 0.6) is 0 Å². The molecule has 0 saturated heterocycles. The summed E-state index contributed by atoms with van der Waals surface area (Å²) in [6, 6.07) is -0.545. The Labute approximate surface area is 398 Å². The van der Waals surface area contributed by atoms with Gasteiger partial charge in [0.25, 0.3) is 0 Å². The molecule has 64 heavy (non-hydrogen) atoms. The molecule has 0 spiro atoms. The summed E-state index contributed by atoms with van der Waals surface area (Å²) in [5.41, 5.74) is 0. The van der Waals surface area contributed by atoms with E-state index in [4.69, 9.17) is 0 Å². The highest BCUT2D eigenvalue weighted by atomic mass is 16.3. The molecule has 3 N–H and O–H groups in total. The van der Waals surface area contributed by atoms with Crippen molar-refractivity contribution in [2.24, 2.45) is 0 Å². The SMILES string of the molecule is CC/C=C\C/C=C\C/C=C\C/C=C\C/C=C\C/C=C\C/C=C\C/C=C\CCCCCCCCCCCCC(=O)NC(CO)C(O)CCCCCCCCCCCCCCCCCCC. The topological polar surface area (TPSA) is 69.6 Å². The molecule has 0 aliphatic heterocycles. The molecule has 2 unspecified atom stereocenters. The molecule has 0 saturated carbocycles. The zero-order valence-corrected chi connectivity index (χ0v) is 42.3. The Bertz CT molecular complexity index is 1190. The molecule has 0 radical (unpaired) electrons. The maximum absolute atomic E-state index is 12.5. The third-order valence-electron chi connectivity index (χ3n) is 12.1. The summed E-state index contributed by atoms with van der Waals surface area (Å²) in [5, 5.41) is 23.3. The number of hydrogen-bond donors (Lipinski definition) is 3. The van der Waals surface area contributed by atoms with Crippen LogP contribution in [0.2, 0.25) is 0 Å². The predicted octanol–water partition coefficient (Wildman–Crippen LogP) is 18.1. The summed E-state index contributed by atoms with van der Waals surface area (Å²) >= 11 is 0. The van der Waals surface area contributed by atoms with Gasteiger partial charge in [0.2, 0.25) is 5.91 Å². The summed E-state index contributed by atoms with van der Waals surface area (Å²) in [7, 11) is 0. The number of allylic oxidation sites excluding steroid dienone is 16. The van der Waals surface area contributed by atoms with Crippen molar-refractivity contribution in [1.29, 1.82) is 0 Å². The molecule has 0 aliphatic carbocycles. The quantitative estimate of drug-likeness (QED) is 0.0421. The maximum atomic E-state index is 12.5. The Morgan fingerprint density at radius 1 is 0.391 bits per heavy atom. The van der Waals surface area contributed by atoms with Gasteiger partial charge in [-0.25, -0.2) is 0 Å². The second-order valence-corrected chi connectivity index (χ2v) is 18.3. The minimum Gasteiger partial charge on any atom is -0.394 e. The van der Waals surface area contributed by atoms with Gasteiger partial charge in [-0.05, 0) is 77.0 Å². The Hall–Kier alpha value is -2.69. The minimum atomic E-state index is -0.667. The van der Waals surface area contributed by atoms with Gasteiger partial charge in [0, 0.05) is 6.42 Å². The highest BCUT2D eigenvalue weighted by Crippen LogP contribution is 2.16. The molecule has 0 aliphatic rings. The van der Waals surface area contributed by atoms with Crippen molar-refractivity contribution in [1.82, 2.24) is 5.32 Å². The van der Waals surface area contributed by atoms with E-state index in [0.29, 0.717) is 12.8 Å². The molecule has 4 nitrogen and oxygen atoms in total. The molecule has 0 fully saturated rings. The number of nitrogens with one attached hydrogen (secondary N) is 1. The number of unbranched alkanes of at least 4 members (excludes halogenated alkanes) is 26. The van der Waals surface area contributed by atoms with E-state index in [-0.39, 0.29) is 12.5 Å². The Balaban J connectivity index is 3.56. The summed E-state index contributed by atoms with van der Waals surface area (Å²) in [6.45, 7) is 4.25. The molecule has 0 aromatic heterocycles. The van der Waals surface area contributed by atoms with E-state index in [2.05, 4.69) is 116 Å². The number of carbonyl (C=O) groups is 1. The van der Waals surface area contributed by atoms with Crippen molar-refractivity contribution >= 4 is 5.91 Å². The number of amides is 1. The molecule has 0 aromatic rings. The molecule has 368 valence electrons. The fraction of sp³-hybridized carbons (Fsp3) is 0.717. The van der Waals surface area contributed by atoms with Crippen LogP contribution in [0.25, 0.3) is 0 Å². The molecular formula is C60H105NO3. The molecule has 0 aromatic carbocycles. The van der Waals surface area contributed by atoms with Crippen molar-refractivity contribution in [3.05, 3.63) is 97.2 Å². The van der Waals surface area contributed by atoms with Gasteiger partial charge in [-0.1, -0.05) is 272 Å². The summed E-state index contributed by atoms with van der Waals surface area (Å²) in [6.07, 6.45) is 80.9. The summed E-state index contributed by atoms with van der Waals surface area (Å²) in [4.78, 5) is 12.5. The van der Waals surface area contributed by atoms with Gasteiger partial charge in [-0.3, -0.25) is 4.79 Å². The van der Waals surface area contributed by atoms with Crippen molar-refractivity contribution in [3.63, 3.8) is 0 Å². The van der Waals surface area contributed by atoms with E-state index >= 15 is 0 Å². The van der Waals surface area contributed by atoms with E-state index < -0.39 is 12.1 Å². The third kappa shape index (κ3) is 50.3. The molecular weight excluding hydrogens is 783 g/mol. The van der Waals surface area contributed by atoms with Gasteiger partial charge in [0.15, 0.2) is 0 Å². The van der Waals surface area contributed by atoms with Gasteiger partial charge in [-0.2, -0.15) is 0 Å². The van der Waals surface area contributed by atoms with Crippen LogP contribution in [0.1, 0.15) is 258 Å². The summed E-state index contributed by atoms with van der Waals surface area (Å²) in [5.74, 6) is -0.0383. The lowest BCUT2D eigenvalue weighted by Crippen LogP contribution is -2.45. The van der Waals surface area contributed by atoms with Crippen molar-refractivity contribution in [2.45, 2.75) is 270 Å². The number of rotatable bonds is 49. The van der Waals surface area contributed by atoms with Gasteiger partial charge in [0.05, 0.1) is 18.8 Å². The lowest BCUT2D eigenvalue weighted by atomic mass is 10.0. The number of carbonyl (C=O) groups excluding carboxylic acids is 1. The van der Waals surface area contributed by atoms with Gasteiger partial charge in [0.1, 0.15) is 0 Å². The van der Waals surface area contributed by atoms with Crippen molar-refractivity contribution in [3.8, 4) is 0 Å². The third-order valence-corrected chi connectivity index (χ3v) is 12.1. The Morgan fingerprint density at radius 2 is 0.688 bits per heavy atom. The van der Waals surface area contributed by atoms with E-state index in [1.54, 1.807) is 0 Å². The standard InChI is InChI=1S/C60H105NO3/c1-3-5-7-9-11-13-15-17-19-21-22-23-24-25-26-27-28-29-30-31-32-33-34-35-36-37-38-40-42-44-46-48-50-52-54-56-60(64)61-58(57-62)59(63)55-53-51-49-47-45-43-41-39-20-18-16-14-12-10-8-6-4-2/h5,7,11,13,17,19,22-23,25-26,28-29,31-32,34-35,58-59,62-63H,3-4,6,8-10,12,14-16,18,20-21,24,27,30,33,36-57H2,1-2H3,(H,61,64)/b7-5-,13-11-,19-17-,23-22-,26-25-,29-28-,32-31-,35-34-. The lowest BCUT2D eigenvalue weighted by molar-refractivity contribution is -0.123. The molecule has 2 atom stereocenters. The van der Waals surface area contributed by atoms with Gasteiger partial charge < -0.3 is 15.5 Å². The average Bonchev–Trinajstić information content (AvgIpc) is 3.30. The van der Waals surface area contributed by atoms with E-state index in [1.165, 1.54) is 154 Å². The van der Waals surface area contributed by atoms with Crippen LogP contribution in [0.4, 0.5) is 0 Å². The van der Waals surface area contributed by atoms with Crippen molar-refractivity contribution in [2.75, 3.05) is 6.61 Å².